The van der Waals surface area contributed by atoms with Crippen molar-refractivity contribution >= 4 is 15.9 Å². The SMILES string of the molecule is CNCC1CCN(S(=O)(=O)Nc2cccc(F)c2)CC1. The van der Waals surface area contributed by atoms with Gasteiger partial charge >= 0.3 is 10.2 Å². The van der Waals surface area contributed by atoms with Crippen LogP contribution in [0, 0.1) is 11.7 Å². The van der Waals surface area contributed by atoms with Gasteiger partial charge in [-0.2, -0.15) is 12.7 Å². The number of benzene rings is 1. The highest BCUT2D eigenvalue weighted by Gasteiger charge is 2.27. The Labute approximate surface area is 119 Å². The molecule has 0 aliphatic carbocycles. The van der Waals surface area contributed by atoms with E-state index in [9.17, 15) is 12.8 Å². The Kier molecular flexibility index (Phi) is 4.95. The number of hydrogen-bond donors (Lipinski definition) is 2. The van der Waals surface area contributed by atoms with E-state index < -0.39 is 16.0 Å². The van der Waals surface area contributed by atoms with Crippen LogP contribution in [0.4, 0.5) is 10.1 Å². The zero-order chi connectivity index (χ0) is 14.6. The van der Waals surface area contributed by atoms with Crippen molar-refractivity contribution in [2.24, 2.45) is 5.92 Å². The first kappa shape index (κ1) is 15.2. The van der Waals surface area contributed by atoms with E-state index in [4.69, 9.17) is 0 Å². The molecule has 20 heavy (non-hydrogen) atoms. The van der Waals surface area contributed by atoms with Crippen LogP contribution in [0.2, 0.25) is 0 Å². The Balaban J connectivity index is 1.98. The first-order valence-electron chi connectivity index (χ1n) is 6.69. The van der Waals surface area contributed by atoms with Crippen molar-refractivity contribution in [2.75, 3.05) is 31.4 Å². The van der Waals surface area contributed by atoms with Crippen LogP contribution in [0.15, 0.2) is 24.3 Å². The zero-order valence-electron chi connectivity index (χ0n) is 11.5. The Hall–Kier alpha value is -1.18. The summed E-state index contributed by atoms with van der Waals surface area (Å²) in [5.74, 6) is 0.0542. The third-order valence-electron chi connectivity index (χ3n) is 3.48. The molecule has 0 radical (unpaired) electrons. The summed E-state index contributed by atoms with van der Waals surface area (Å²) in [6, 6.07) is 5.47. The third-order valence-corrected chi connectivity index (χ3v) is 5.02. The second-order valence-corrected chi connectivity index (χ2v) is 6.69. The van der Waals surface area contributed by atoms with E-state index in [-0.39, 0.29) is 5.69 Å². The molecule has 1 heterocycles. The molecule has 112 valence electrons. The summed E-state index contributed by atoms with van der Waals surface area (Å²) in [6.07, 6.45) is 1.68. The van der Waals surface area contributed by atoms with Crippen LogP contribution >= 0.6 is 0 Å². The van der Waals surface area contributed by atoms with Gasteiger partial charge in [0.25, 0.3) is 0 Å². The topological polar surface area (TPSA) is 61.4 Å². The lowest BCUT2D eigenvalue weighted by Gasteiger charge is -2.31. The van der Waals surface area contributed by atoms with E-state index in [2.05, 4.69) is 10.0 Å². The third kappa shape index (κ3) is 3.91. The van der Waals surface area contributed by atoms with Crippen molar-refractivity contribution in [3.63, 3.8) is 0 Å². The summed E-state index contributed by atoms with van der Waals surface area (Å²) in [5, 5.41) is 3.11. The Morgan fingerprint density at radius 1 is 1.35 bits per heavy atom. The van der Waals surface area contributed by atoms with E-state index in [1.807, 2.05) is 7.05 Å². The van der Waals surface area contributed by atoms with Crippen LogP contribution < -0.4 is 10.0 Å². The lowest BCUT2D eigenvalue weighted by atomic mass is 9.98. The van der Waals surface area contributed by atoms with Gasteiger partial charge in [0.15, 0.2) is 0 Å². The molecule has 0 bridgehead atoms. The van der Waals surface area contributed by atoms with Crippen LogP contribution in [-0.2, 0) is 10.2 Å². The van der Waals surface area contributed by atoms with Gasteiger partial charge in [0, 0.05) is 13.1 Å². The van der Waals surface area contributed by atoms with E-state index in [1.54, 1.807) is 0 Å². The smallest absolute Gasteiger partial charge is 0.301 e. The van der Waals surface area contributed by atoms with Gasteiger partial charge in [0.2, 0.25) is 0 Å². The molecule has 0 aromatic heterocycles. The number of nitrogens with one attached hydrogen (secondary N) is 2. The fourth-order valence-corrected chi connectivity index (χ4v) is 3.65. The molecule has 1 aliphatic heterocycles. The molecule has 0 unspecified atom stereocenters. The molecular weight excluding hydrogens is 281 g/mol. The number of piperidine rings is 1. The Morgan fingerprint density at radius 2 is 2.05 bits per heavy atom. The molecule has 2 N–H and O–H groups in total. The summed E-state index contributed by atoms with van der Waals surface area (Å²) >= 11 is 0. The molecular formula is C13H20FN3O2S. The Bertz CT molecular complexity index is 542. The first-order valence-corrected chi connectivity index (χ1v) is 8.13. The minimum Gasteiger partial charge on any atom is -0.319 e. The van der Waals surface area contributed by atoms with Gasteiger partial charge in [0.05, 0.1) is 5.69 Å². The molecule has 1 saturated heterocycles. The Morgan fingerprint density at radius 3 is 2.65 bits per heavy atom. The number of nitrogens with zero attached hydrogens (tertiary/aromatic N) is 1. The van der Waals surface area contributed by atoms with Gasteiger partial charge in [-0.15, -0.1) is 0 Å². The van der Waals surface area contributed by atoms with E-state index in [0.717, 1.165) is 19.4 Å². The molecule has 0 atom stereocenters. The van der Waals surface area contributed by atoms with Crippen molar-refractivity contribution in [3.05, 3.63) is 30.1 Å². The molecule has 5 nitrogen and oxygen atoms in total. The maximum Gasteiger partial charge on any atom is 0.301 e. The molecule has 7 heteroatoms. The van der Waals surface area contributed by atoms with Crippen LogP contribution in [0.3, 0.4) is 0 Å². The number of anilines is 1. The van der Waals surface area contributed by atoms with Crippen molar-refractivity contribution < 1.29 is 12.8 Å². The quantitative estimate of drug-likeness (QED) is 0.864. The molecule has 1 aromatic carbocycles. The molecule has 1 aromatic rings. The molecule has 0 amide bonds. The number of halogens is 1. The van der Waals surface area contributed by atoms with Gasteiger partial charge in [-0.3, -0.25) is 4.72 Å². The molecule has 1 aliphatic rings. The largest absolute Gasteiger partial charge is 0.319 e. The summed E-state index contributed by atoms with van der Waals surface area (Å²) in [5.41, 5.74) is 0.252. The normalized spacial score (nSPS) is 18.1. The summed E-state index contributed by atoms with van der Waals surface area (Å²) in [7, 11) is -1.70. The highest BCUT2D eigenvalue weighted by Crippen LogP contribution is 2.20. The van der Waals surface area contributed by atoms with Crippen LogP contribution in [0.5, 0.6) is 0 Å². The number of rotatable bonds is 5. The van der Waals surface area contributed by atoms with Crippen molar-refractivity contribution in [1.82, 2.24) is 9.62 Å². The molecule has 0 saturated carbocycles. The monoisotopic (exact) mass is 301 g/mol. The van der Waals surface area contributed by atoms with Crippen molar-refractivity contribution in [3.8, 4) is 0 Å². The van der Waals surface area contributed by atoms with Gasteiger partial charge < -0.3 is 5.32 Å². The van der Waals surface area contributed by atoms with Gasteiger partial charge in [-0.05, 0) is 50.6 Å². The zero-order valence-corrected chi connectivity index (χ0v) is 12.3. The second-order valence-electron chi connectivity index (χ2n) is 5.02. The fourth-order valence-electron chi connectivity index (χ4n) is 2.41. The highest BCUT2D eigenvalue weighted by atomic mass is 32.2. The molecule has 2 rings (SSSR count). The van der Waals surface area contributed by atoms with E-state index in [0.29, 0.717) is 19.0 Å². The first-order chi connectivity index (χ1) is 9.51. The maximum atomic E-state index is 13.1. The van der Waals surface area contributed by atoms with Gasteiger partial charge in [-0.25, -0.2) is 4.39 Å². The fraction of sp³-hybridized carbons (Fsp3) is 0.538. The van der Waals surface area contributed by atoms with E-state index in [1.165, 1.54) is 28.6 Å². The van der Waals surface area contributed by atoms with Crippen LogP contribution in [-0.4, -0.2) is 39.4 Å². The second kappa shape index (κ2) is 6.51. The minimum absolute atomic E-state index is 0.252. The van der Waals surface area contributed by atoms with Gasteiger partial charge in [-0.1, -0.05) is 6.07 Å². The lowest BCUT2D eigenvalue weighted by molar-refractivity contribution is 0.272. The summed E-state index contributed by atoms with van der Waals surface area (Å²) < 4.78 is 41.3. The van der Waals surface area contributed by atoms with Crippen LogP contribution in [0.1, 0.15) is 12.8 Å². The standard InChI is InChI=1S/C13H20FN3O2S/c1-15-10-11-5-7-17(8-6-11)20(18,19)16-13-4-2-3-12(14)9-13/h2-4,9,11,15-16H,5-8,10H2,1H3. The van der Waals surface area contributed by atoms with Gasteiger partial charge in [0.1, 0.15) is 5.82 Å². The predicted octanol–water partition coefficient (Wildman–Crippen LogP) is 1.41. The minimum atomic E-state index is -3.60. The maximum absolute atomic E-state index is 13.1. The number of hydrogen-bond acceptors (Lipinski definition) is 3. The average Bonchev–Trinajstić information content (AvgIpc) is 2.39. The van der Waals surface area contributed by atoms with Crippen LogP contribution in [0.25, 0.3) is 0 Å². The predicted molar refractivity (Wildman–Crippen MR) is 77.2 cm³/mol. The average molecular weight is 301 g/mol. The summed E-state index contributed by atoms with van der Waals surface area (Å²) in [6.45, 7) is 1.90. The molecule has 0 spiro atoms. The van der Waals surface area contributed by atoms with Crippen molar-refractivity contribution in [2.45, 2.75) is 12.8 Å². The lowest BCUT2D eigenvalue weighted by Crippen LogP contribution is -2.43. The summed E-state index contributed by atoms with van der Waals surface area (Å²) in [4.78, 5) is 0. The highest BCUT2D eigenvalue weighted by molar-refractivity contribution is 7.90. The van der Waals surface area contributed by atoms with Crippen molar-refractivity contribution in [1.29, 1.82) is 0 Å². The molecule has 1 fully saturated rings. The van der Waals surface area contributed by atoms with E-state index >= 15 is 0 Å².